The number of halogens is 1. The fourth-order valence-corrected chi connectivity index (χ4v) is 2.95. The molecule has 0 radical (unpaired) electrons. The monoisotopic (exact) mass is 340 g/mol. The highest BCUT2D eigenvalue weighted by Crippen LogP contribution is 2.38. The fraction of sp³-hybridized carbons (Fsp3) is 0.643. The summed E-state index contributed by atoms with van der Waals surface area (Å²) in [6.07, 6.45) is 3.68. The van der Waals surface area contributed by atoms with Crippen molar-refractivity contribution in [3.05, 3.63) is 12.0 Å². The number of imidazole rings is 1. The van der Waals surface area contributed by atoms with E-state index in [4.69, 9.17) is 16.3 Å². The molecule has 4 atom stereocenters. The number of nitrogens with one attached hydrogen (secondary N) is 1. The molecule has 0 aromatic carbocycles. The number of aromatic nitrogens is 2. The highest BCUT2D eigenvalue weighted by molar-refractivity contribution is 6.22. The molecule has 1 aromatic rings. The number of fused-ring (bicyclic) bond motifs is 1. The number of ether oxygens (including phenoxy) is 1. The molecule has 0 amide bonds. The number of rotatable bonds is 3. The van der Waals surface area contributed by atoms with E-state index in [1.807, 2.05) is 30.5 Å². The lowest BCUT2D eigenvalue weighted by atomic mass is 10.1. The van der Waals surface area contributed by atoms with E-state index in [2.05, 4.69) is 20.3 Å². The molecule has 0 saturated carbocycles. The van der Waals surface area contributed by atoms with Crippen molar-refractivity contribution in [2.45, 2.75) is 43.7 Å². The van der Waals surface area contributed by atoms with Crippen LogP contribution in [-0.4, -0.2) is 58.2 Å². The van der Waals surface area contributed by atoms with Gasteiger partial charge in [-0.15, -0.1) is 0 Å². The highest BCUT2D eigenvalue weighted by atomic mass is 35.5. The first kappa shape index (κ1) is 16.2. The third kappa shape index (κ3) is 3.19. The third-order valence-corrected chi connectivity index (χ3v) is 4.15. The Hall–Kier alpha value is -1.64. The van der Waals surface area contributed by atoms with Gasteiger partial charge in [-0.2, -0.15) is 0 Å². The van der Waals surface area contributed by atoms with E-state index in [-0.39, 0.29) is 12.3 Å². The molecule has 3 rings (SSSR count). The summed E-state index contributed by atoms with van der Waals surface area (Å²) in [6, 6.07) is 0. The SMILES string of the molecule is CCC1OC(n2cnc3c2NC(N=CN(C)C)=NC3Cl)CC1O. The number of hydrogen-bond acceptors (Lipinski definition) is 6. The summed E-state index contributed by atoms with van der Waals surface area (Å²) in [6.45, 7) is 1.99. The Bertz CT molecular complexity index is 629. The van der Waals surface area contributed by atoms with E-state index in [1.165, 1.54) is 0 Å². The van der Waals surface area contributed by atoms with Crippen LogP contribution in [0.25, 0.3) is 0 Å². The minimum absolute atomic E-state index is 0.159. The zero-order valence-corrected chi connectivity index (χ0v) is 14.1. The van der Waals surface area contributed by atoms with E-state index >= 15 is 0 Å². The lowest BCUT2D eigenvalue weighted by molar-refractivity contribution is -0.0189. The summed E-state index contributed by atoms with van der Waals surface area (Å²) in [5, 5.41) is 13.2. The van der Waals surface area contributed by atoms with E-state index in [9.17, 15) is 5.11 Å². The Balaban J connectivity index is 1.84. The van der Waals surface area contributed by atoms with Crippen LogP contribution in [-0.2, 0) is 4.74 Å². The first-order valence-electron chi connectivity index (χ1n) is 7.59. The van der Waals surface area contributed by atoms with E-state index in [0.29, 0.717) is 23.9 Å². The van der Waals surface area contributed by atoms with Gasteiger partial charge in [0, 0.05) is 20.5 Å². The highest BCUT2D eigenvalue weighted by Gasteiger charge is 2.36. The number of anilines is 1. The maximum Gasteiger partial charge on any atom is 0.226 e. The molecule has 8 nitrogen and oxygen atoms in total. The summed E-state index contributed by atoms with van der Waals surface area (Å²) >= 11 is 6.28. The molecular formula is C14H21ClN6O2. The van der Waals surface area contributed by atoms with Gasteiger partial charge in [0.2, 0.25) is 5.96 Å². The summed E-state index contributed by atoms with van der Waals surface area (Å²) in [5.74, 6) is 1.12. The molecule has 0 bridgehead atoms. The molecule has 1 saturated heterocycles. The van der Waals surface area contributed by atoms with E-state index in [1.54, 1.807) is 12.7 Å². The second-order valence-corrected chi connectivity index (χ2v) is 6.26. The average molecular weight is 341 g/mol. The lowest BCUT2D eigenvalue weighted by Crippen LogP contribution is -2.22. The number of hydrogen-bond donors (Lipinski definition) is 2. The second-order valence-electron chi connectivity index (χ2n) is 5.85. The van der Waals surface area contributed by atoms with Gasteiger partial charge in [0.1, 0.15) is 17.7 Å². The maximum absolute atomic E-state index is 10.1. The summed E-state index contributed by atoms with van der Waals surface area (Å²) in [5.41, 5.74) is 0.0311. The number of nitrogens with zero attached hydrogens (tertiary/aromatic N) is 5. The molecule has 126 valence electrons. The van der Waals surface area contributed by atoms with Crippen molar-refractivity contribution in [1.29, 1.82) is 0 Å². The lowest BCUT2D eigenvalue weighted by Gasteiger charge is -2.21. The average Bonchev–Trinajstić information content (AvgIpc) is 3.08. The molecule has 2 aliphatic heterocycles. The van der Waals surface area contributed by atoms with Gasteiger partial charge >= 0.3 is 0 Å². The fourth-order valence-electron chi connectivity index (χ4n) is 2.69. The van der Waals surface area contributed by atoms with Gasteiger partial charge in [-0.3, -0.25) is 4.57 Å². The van der Waals surface area contributed by atoms with Crippen molar-refractivity contribution in [2.75, 3.05) is 19.4 Å². The smallest absolute Gasteiger partial charge is 0.226 e. The standard InChI is InChI=1S/C14H21ClN6O2/c1-4-9-8(22)5-10(23-9)21-7-16-11-12(15)18-14(19-13(11)21)17-6-20(2)3/h6-10,12,22H,4-5H2,1-3H3,(H,18,19). The van der Waals surface area contributed by atoms with Crippen LogP contribution in [0.4, 0.5) is 5.82 Å². The summed E-state index contributed by atoms with van der Waals surface area (Å²) in [7, 11) is 3.75. The van der Waals surface area contributed by atoms with Crippen molar-refractivity contribution < 1.29 is 9.84 Å². The molecule has 0 spiro atoms. The van der Waals surface area contributed by atoms with Gasteiger partial charge in [0.05, 0.1) is 24.9 Å². The normalized spacial score (nSPS) is 30.2. The number of aliphatic hydroxyl groups is 1. The van der Waals surface area contributed by atoms with Crippen LogP contribution in [0.1, 0.15) is 37.2 Å². The summed E-state index contributed by atoms with van der Waals surface area (Å²) < 4.78 is 7.76. The second kappa shape index (κ2) is 6.46. The van der Waals surface area contributed by atoms with Gasteiger partial charge in [-0.05, 0) is 6.42 Å². The Labute approximate surface area is 139 Å². The minimum atomic E-state index is -0.602. The predicted octanol–water partition coefficient (Wildman–Crippen LogP) is 1.55. The van der Waals surface area contributed by atoms with Gasteiger partial charge in [-0.1, -0.05) is 18.5 Å². The van der Waals surface area contributed by atoms with Crippen LogP contribution in [0.5, 0.6) is 0 Å². The number of aliphatic imine (C=N–C) groups is 2. The Morgan fingerprint density at radius 2 is 2.39 bits per heavy atom. The van der Waals surface area contributed by atoms with Crippen LogP contribution in [0, 0.1) is 0 Å². The number of aliphatic hydroxyl groups excluding tert-OH is 1. The number of alkyl halides is 1. The molecule has 0 aliphatic carbocycles. The minimum Gasteiger partial charge on any atom is -0.390 e. The zero-order chi connectivity index (χ0) is 16.6. The van der Waals surface area contributed by atoms with Crippen LogP contribution in [0.15, 0.2) is 16.3 Å². The van der Waals surface area contributed by atoms with Crippen molar-refractivity contribution in [3.8, 4) is 0 Å². The zero-order valence-electron chi connectivity index (χ0n) is 13.3. The third-order valence-electron chi connectivity index (χ3n) is 3.84. The van der Waals surface area contributed by atoms with Crippen LogP contribution in [0.2, 0.25) is 0 Å². The molecule has 9 heteroatoms. The first-order chi connectivity index (χ1) is 11.0. The largest absolute Gasteiger partial charge is 0.390 e. The molecule has 1 aromatic heterocycles. The molecule has 2 aliphatic rings. The molecule has 1 fully saturated rings. The molecule has 23 heavy (non-hydrogen) atoms. The van der Waals surface area contributed by atoms with Gasteiger partial charge in [-0.25, -0.2) is 15.0 Å². The van der Waals surface area contributed by atoms with Crippen LogP contribution < -0.4 is 5.32 Å². The van der Waals surface area contributed by atoms with Gasteiger partial charge < -0.3 is 20.1 Å². The van der Waals surface area contributed by atoms with Gasteiger partial charge in [0.25, 0.3) is 0 Å². The van der Waals surface area contributed by atoms with Gasteiger partial charge in [0.15, 0.2) is 5.50 Å². The summed E-state index contributed by atoms with van der Waals surface area (Å²) in [4.78, 5) is 14.6. The molecular weight excluding hydrogens is 320 g/mol. The Morgan fingerprint density at radius 1 is 1.61 bits per heavy atom. The Morgan fingerprint density at radius 3 is 3.04 bits per heavy atom. The molecule has 3 heterocycles. The van der Waals surface area contributed by atoms with E-state index < -0.39 is 11.6 Å². The number of guanidine groups is 1. The van der Waals surface area contributed by atoms with Crippen molar-refractivity contribution in [2.24, 2.45) is 9.98 Å². The molecule has 2 N–H and O–H groups in total. The first-order valence-corrected chi connectivity index (χ1v) is 8.03. The quantitative estimate of drug-likeness (QED) is 0.377. The van der Waals surface area contributed by atoms with Crippen molar-refractivity contribution in [3.63, 3.8) is 0 Å². The Kier molecular flexibility index (Phi) is 4.56. The van der Waals surface area contributed by atoms with Crippen molar-refractivity contribution >= 4 is 29.7 Å². The van der Waals surface area contributed by atoms with Crippen molar-refractivity contribution in [1.82, 2.24) is 14.5 Å². The van der Waals surface area contributed by atoms with Crippen LogP contribution in [0.3, 0.4) is 0 Å². The molecule has 4 unspecified atom stereocenters. The van der Waals surface area contributed by atoms with E-state index in [0.717, 1.165) is 6.42 Å². The topological polar surface area (TPSA) is 87.3 Å². The maximum atomic E-state index is 10.1. The predicted molar refractivity (Wildman–Crippen MR) is 88.9 cm³/mol. The van der Waals surface area contributed by atoms with Crippen LogP contribution >= 0.6 is 11.6 Å².